The molecule has 0 aromatic rings. The van der Waals surface area contributed by atoms with Gasteiger partial charge < -0.3 is 15.4 Å². The lowest BCUT2D eigenvalue weighted by molar-refractivity contribution is -0.121. The van der Waals surface area contributed by atoms with Crippen molar-refractivity contribution in [2.75, 3.05) is 27.3 Å². The van der Waals surface area contributed by atoms with Crippen molar-refractivity contribution in [3.8, 4) is 0 Å². The van der Waals surface area contributed by atoms with Crippen LogP contribution in [0.1, 0.15) is 6.92 Å². The van der Waals surface area contributed by atoms with Gasteiger partial charge in [0.05, 0.1) is 13.2 Å². The molecule has 0 radical (unpaired) electrons. The summed E-state index contributed by atoms with van der Waals surface area (Å²) >= 11 is 0. The third-order valence-corrected chi connectivity index (χ3v) is 1.69. The SMILES string of the molecule is CNC(=O)C(C)NC(=NCCOC)NN. The van der Waals surface area contributed by atoms with Gasteiger partial charge in [0.15, 0.2) is 0 Å². The molecular formula is C8H19N5O2. The Balaban J connectivity index is 4.08. The van der Waals surface area contributed by atoms with Gasteiger partial charge in [0.1, 0.15) is 6.04 Å². The van der Waals surface area contributed by atoms with E-state index in [1.165, 1.54) is 0 Å². The Morgan fingerprint density at radius 3 is 2.73 bits per heavy atom. The highest BCUT2D eigenvalue weighted by Gasteiger charge is 2.11. The molecule has 0 aliphatic carbocycles. The van der Waals surface area contributed by atoms with Crippen molar-refractivity contribution in [2.45, 2.75) is 13.0 Å². The molecule has 0 aromatic carbocycles. The zero-order valence-corrected chi connectivity index (χ0v) is 9.33. The van der Waals surface area contributed by atoms with Gasteiger partial charge in [-0.3, -0.25) is 10.2 Å². The molecule has 0 fully saturated rings. The Morgan fingerprint density at radius 2 is 2.27 bits per heavy atom. The smallest absolute Gasteiger partial charge is 0.242 e. The molecule has 0 aromatic heterocycles. The second-order valence-electron chi connectivity index (χ2n) is 2.85. The monoisotopic (exact) mass is 217 g/mol. The van der Waals surface area contributed by atoms with Crippen molar-refractivity contribution in [1.29, 1.82) is 0 Å². The zero-order chi connectivity index (χ0) is 11.7. The molecule has 88 valence electrons. The maximum atomic E-state index is 11.2. The molecule has 1 unspecified atom stereocenters. The number of carbonyl (C=O) groups is 1. The van der Waals surface area contributed by atoms with Crippen molar-refractivity contribution in [3.63, 3.8) is 0 Å². The summed E-state index contributed by atoms with van der Waals surface area (Å²) in [6.45, 7) is 2.69. The van der Waals surface area contributed by atoms with E-state index in [9.17, 15) is 4.79 Å². The topological polar surface area (TPSA) is 101 Å². The first-order chi connectivity index (χ1) is 7.15. The predicted octanol–water partition coefficient (Wildman–Crippen LogP) is -1.82. The number of aliphatic imine (C=N–C) groups is 1. The number of amides is 1. The summed E-state index contributed by atoms with van der Waals surface area (Å²) in [5.41, 5.74) is 2.37. The second-order valence-corrected chi connectivity index (χ2v) is 2.85. The van der Waals surface area contributed by atoms with Crippen LogP contribution in [0.2, 0.25) is 0 Å². The van der Waals surface area contributed by atoms with Crippen LogP contribution in [0.15, 0.2) is 4.99 Å². The number of hydrogen-bond acceptors (Lipinski definition) is 4. The molecule has 1 atom stereocenters. The van der Waals surface area contributed by atoms with Gasteiger partial charge in [-0.2, -0.15) is 0 Å². The minimum atomic E-state index is -0.396. The number of likely N-dealkylation sites (N-methyl/N-ethyl adjacent to an activating group) is 1. The van der Waals surface area contributed by atoms with Crippen LogP contribution in [0, 0.1) is 0 Å². The summed E-state index contributed by atoms with van der Waals surface area (Å²) in [7, 11) is 3.16. The summed E-state index contributed by atoms with van der Waals surface area (Å²) in [6.07, 6.45) is 0. The maximum Gasteiger partial charge on any atom is 0.242 e. The highest BCUT2D eigenvalue weighted by atomic mass is 16.5. The van der Waals surface area contributed by atoms with Gasteiger partial charge in [-0.25, -0.2) is 10.8 Å². The number of nitrogens with one attached hydrogen (secondary N) is 3. The van der Waals surface area contributed by atoms with E-state index in [0.717, 1.165) is 0 Å². The minimum absolute atomic E-state index is 0.135. The van der Waals surface area contributed by atoms with Crippen LogP contribution in [0.3, 0.4) is 0 Å². The van der Waals surface area contributed by atoms with E-state index < -0.39 is 6.04 Å². The molecule has 0 saturated carbocycles. The molecule has 7 nitrogen and oxygen atoms in total. The Labute approximate surface area is 89.4 Å². The summed E-state index contributed by atoms with van der Waals surface area (Å²) in [6, 6.07) is -0.396. The van der Waals surface area contributed by atoms with Gasteiger partial charge in [-0.15, -0.1) is 0 Å². The van der Waals surface area contributed by atoms with Gasteiger partial charge in [-0.05, 0) is 6.92 Å². The Kier molecular flexibility index (Phi) is 7.29. The van der Waals surface area contributed by atoms with Crippen LogP contribution in [-0.2, 0) is 9.53 Å². The van der Waals surface area contributed by atoms with Gasteiger partial charge in [0.25, 0.3) is 0 Å². The van der Waals surface area contributed by atoms with Gasteiger partial charge in [0, 0.05) is 14.2 Å². The third kappa shape index (κ3) is 5.87. The number of nitrogens with zero attached hydrogens (tertiary/aromatic N) is 1. The Hall–Kier alpha value is -1.34. The fraction of sp³-hybridized carbons (Fsp3) is 0.750. The molecule has 1 amide bonds. The molecule has 0 saturated heterocycles. The summed E-state index contributed by atoms with van der Waals surface area (Å²) in [4.78, 5) is 15.2. The van der Waals surface area contributed by atoms with Gasteiger partial charge >= 0.3 is 0 Å². The lowest BCUT2D eigenvalue weighted by Gasteiger charge is -2.14. The third-order valence-electron chi connectivity index (χ3n) is 1.69. The van der Waals surface area contributed by atoms with Gasteiger partial charge in [-0.1, -0.05) is 0 Å². The first-order valence-corrected chi connectivity index (χ1v) is 4.63. The fourth-order valence-electron chi connectivity index (χ4n) is 0.869. The molecule has 0 aliphatic heterocycles. The van der Waals surface area contributed by atoms with Crippen molar-refractivity contribution >= 4 is 11.9 Å². The predicted molar refractivity (Wildman–Crippen MR) is 58.2 cm³/mol. The molecule has 5 N–H and O–H groups in total. The van der Waals surface area contributed by atoms with Crippen LogP contribution in [0.4, 0.5) is 0 Å². The van der Waals surface area contributed by atoms with Crippen LogP contribution in [0.25, 0.3) is 0 Å². The summed E-state index contributed by atoms with van der Waals surface area (Å²) in [5.74, 6) is 5.46. The number of hydrazine groups is 1. The molecule has 15 heavy (non-hydrogen) atoms. The average molecular weight is 217 g/mol. The zero-order valence-electron chi connectivity index (χ0n) is 9.33. The highest BCUT2D eigenvalue weighted by molar-refractivity contribution is 5.88. The van der Waals surface area contributed by atoms with Crippen LogP contribution < -0.4 is 21.9 Å². The number of carbonyl (C=O) groups excluding carboxylic acids is 1. The second kappa shape index (κ2) is 8.01. The lowest BCUT2D eigenvalue weighted by Crippen LogP contribution is -2.50. The first-order valence-electron chi connectivity index (χ1n) is 4.63. The van der Waals surface area contributed by atoms with E-state index in [1.54, 1.807) is 21.1 Å². The fourth-order valence-corrected chi connectivity index (χ4v) is 0.869. The Bertz CT molecular complexity index is 219. The first kappa shape index (κ1) is 13.7. The summed E-state index contributed by atoms with van der Waals surface area (Å²) < 4.78 is 4.83. The number of hydrogen-bond donors (Lipinski definition) is 4. The number of nitrogens with two attached hydrogens (primary N) is 1. The molecule has 0 aliphatic rings. The van der Waals surface area contributed by atoms with E-state index >= 15 is 0 Å². The molecular weight excluding hydrogens is 198 g/mol. The van der Waals surface area contributed by atoms with Crippen molar-refractivity contribution < 1.29 is 9.53 Å². The van der Waals surface area contributed by atoms with Gasteiger partial charge in [0.2, 0.25) is 11.9 Å². The highest BCUT2D eigenvalue weighted by Crippen LogP contribution is 1.81. The number of rotatable bonds is 5. The largest absolute Gasteiger partial charge is 0.383 e. The van der Waals surface area contributed by atoms with E-state index in [1.807, 2.05) is 0 Å². The molecule has 7 heteroatoms. The van der Waals surface area contributed by atoms with Crippen LogP contribution in [-0.4, -0.2) is 45.2 Å². The van der Waals surface area contributed by atoms with E-state index in [-0.39, 0.29) is 5.91 Å². The molecule has 0 rings (SSSR count). The number of methoxy groups -OCH3 is 1. The molecule has 0 heterocycles. The van der Waals surface area contributed by atoms with Crippen LogP contribution >= 0.6 is 0 Å². The average Bonchev–Trinajstić information content (AvgIpc) is 2.26. The van der Waals surface area contributed by atoms with E-state index in [0.29, 0.717) is 19.1 Å². The number of ether oxygens (including phenoxy) is 1. The van der Waals surface area contributed by atoms with Crippen molar-refractivity contribution in [1.82, 2.24) is 16.1 Å². The van der Waals surface area contributed by atoms with E-state index in [4.69, 9.17) is 10.6 Å². The normalized spacial score (nSPS) is 13.2. The quantitative estimate of drug-likeness (QED) is 0.143. The molecule has 0 spiro atoms. The van der Waals surface area contributed by atoms with E-state index in [2.05, 4.69) is 21.1 Å². The van der Waals surface area contributed by atoms with Crippen LogP contribution in [0.5, 0.6) is 0 Å². The van der Waals surface area contributed by atoms with Crippen molar-refractivity contribution in [2.24, 2.45) is 10.8 Å². The van der Waals surface area contributed by atoms with Crippen molar-refractivity contribution in [3.05, 3.63) is 0 Å². The lowest BCUT2D eigenvalue weighted by atomic mass is 10.3. The standard InChI is InChI=1S/C8H19N5O2/c1-6(7(14)10-2)12-8(13-9)11-4-5-15-3/h6H,4-5,9H2,1-3H3,(H,10,14)(H2,11,12,13). The summed E-state index contributed by atoms with van der Waals surface area (Å²) in [5, 5.41) is 5.33. The number of guanidine groups is 1. The Morgan fingerprint density at radius 1 is 1.60 bits per heavy atom. The maximum absolute atomic E-state index is 11.2. The minimum Gasteiger partial charge on any atom is -0.383 e. The molecule has 0 bridgehead atoms.